The van der Waals surface area contributed by atoms with Gasteiger partial charge in [0.2, 0.25) is 0 Å². The minimum Gasteiger partial charge on any atom is -0.311 e. The molecule has 17 aromatic rings. The summed E-state index contributed by atoms with van der Waals surface area (Å²) in [6.07, 6.45) is 0. The van der Waals surface area contributed by atoms with E-state index in [0.717, 1.165) is 112 Å². The van der Waals surface area contributed by atoms with E-state index in [-0.39, 0.29) is 10.8 Å². The molecule has 0 bridgehead atoms. The van der Waals surface area contributed by atoms with Crippen molar-refractivity contribution in [3.8, 4) is 66.8 Å². The molecule has 0 saturated carbocycles. The van der Waals surface area contributed by atoms with Crippen LogP contribution in [0.15, 0.2) is 400 Å². The molecule has 0 heterocycles. The zero-order valence-corrected chi connectivity index (χ0v) is 60.9. The first-order valence-electron chi connectivity index (χ1n) is 37.5. The SMILES string of the molecule is CC1(C)c2ccccc2-c2ccc(-c3ccc(N(c4ccccc4)c4ccc5c(-c6ccc(N(c7ccccc7)c7ccccc7)cc6)c6cc(N(c7ccccc7)c7ccc(-c8ccc9c(c8)C(C)(C)c8ccccc8-9)cc7)ccc6c(-c6ccc(N(c7ccccc7)c7ccccc7)cc6)c5c4)cc3)cc21. The Labute approximate surface area is 633 Å². The Morgan fingerprint density at radius 3 is 0.676 bits per heavy atom. The summed E-state index contributed by atoms with van der Waals surface area (Å²) in [4.78, 5) is 9.54. The first kappa shape index (κ1) is 65.2. The van der Waals surface area contributed by atoms with Crippen LogP contribution in [0.2, 0.25) is 0 Å². The van der Waals surface area contributed by atoms with Gasteiger partial charge in [-0.05, 0) is 268 Å². The fourth-order valence-electron chi connectivity index (χ4n) is 17.3. The van der Waals surface area contributed by atoms with Crippen molar-refractivity contribution in [1.29, 1.82) is 0 Å². The Kier molecular flexibility index (Phi) is 16.2. The van der Waals surface area contributed by atoms with Gasteiger partial charge in [0.1, 0.15) is 0 Å². The molecule has 514 valence electrons. The van der Waals surface area contributed by atoms with E-state index in [9.17, 15) is 0 Å². The molecule has 19 rings (SSSR count). The van der Waals surface area contributed by atoms with Gasteiger partial charge in [0.05, 0.1) is 0 Å². The Balaban J connectivity index is 0.813. The van der Waals surface area contributed by atoms with Crippen LogP contribution >= 0.6 is 0 Å². The van der Waals surface area contributed by atoms with Crippen LogP contribution in [-0.4, -0.2) is 0 Å². The van der Waals surface area contributed by atoms with Crippen molar-refractivity contribution in [2.45, 2.75) is 38.5 Å². The summed E-state index contributed by atoms with van der Waals surface area (Å²) in [6.45, 7) is 9.44. The van der Waals surface area contributed by atoms with Crippen LogP contribution in [0.25, 0.3) is 88.3 Å². The highest BCUT2D eigenvalue weighted by Crippen LogP contribution is 2.54. The molecular formula is C104H78N4. The van der Waals surface area contributed by atoms with E-state index < -0.39 is 0 Å². The standard InChI is InChI=1S/C104H78N4/c1-103(2)97-41-25-23-39-89(97)91-63-51-75(67-99(91)103)71-43-53-85(54-44-71)107(81-35-19-9-20-36-81)87-61-65-93-95(69-87)101(73-47-57-83(58-48-73)105(77-27-11-5-12-28-77)78-29-13-6-14-30-78)94-66-62-88(70-96(94)102(93)74-49-59-84(60-50-74)106(79-31-15-7-16-32-79)80-33-17-8-18-34-80)108(82-37-21-10-22-38-82)86-55-45-72(46-56-86)76-52-64-92-90-40-24-26-42-98(90)104(3,4)100(92)68-76/h5-70H,1-4H3. The lowest BCUT2D eigenvalue weighted by Crippen LogP contribution is -2.14. The summed E-state index contributed by atoms with van der Waals surface area (Å²) in [5.41, 5.74) is 32.7. The number of anilines is 12. The van der Waals surface area contributed by atoms with Gasteiger partial charge in [-0.3, -0.25) is 0 Å². The Hall–Kier alpha value is -13.5. The van der Waals surface area contributed by atoms with Crippen LogP contribution in [0.5, 0.6) is 0 Å². The predicted octanol–water partition coefficient (Wildman–Crippen LogP) is 29.2. The van der Waals surface area contributed by atoms with E-state index in [2.05, 4.69) is 448 Å². The Morgan fingerprint density at radius 1 is 0.157 bits per heavy atom. The molecular weight excluding hydrogens is 1310 g/mol. The number of para-hydroxylation sites is 6. The second kappa shape index (κ2) is 26.9. The van der Waals surface area contributed by atoms with E-state index in [1.54, 1.807) is 0 Å². The molecule has 4 nitrogen and oxygen atoms in total. The number of fused-ring (bicyclic) bond motifs is 8. The van der Waals surface area contributed by atoms with E-state index >= 15 is 0 Å². The Bertz CT molecular complexity index is 5720. The molecule has 0 atom stereocenters. The maximum Gasteiger partial charge on any atom is 0.0468 e. The largest absolute Gasteiger partial charge is 0.311 e. The monoisotopic (exact) mass is 1380 g/mol. The van der Waals surface area contributed by atoms with Crippen molar-refractivity contribution in [2.24, 2.45) is 0 Å². The van der Waals surface area contributed by atoms with Crippen LogP contribution in [0.4, 0.5) is 68.2 Å². The van der Waals surface area contributed by atoms with Gasteiger partial charge < -0.3 is 19.6 Å². The molecule has 0 spiro atoms. The number of benzene rings is 17. The second-order valence-electron chi connectivity index (χ2n) is 29.6. The molecule has 0 N–H and O–H groups in total. The highest BCUT2D eigenvalue weighted by atomic mass is 15.2. The third kappa shape index (κ3) is 11.4. The van der Waals surface area contributed by atoms with E-state index in [1.807, 2.05) is 0 Å². The van der Waals surface area contributed by atoms with Crippen molar-refractivity contribution in [1.82, 2.24) is 0 Å². The average molecular weight is 1380 g/mol. The second-order valence-corrected chi connectivity index (χ2v) is 29.6. The molecule has 0 aromatic heterocycles. The normalized spacial score (nSPS) is 12.8. The van der Waals surface area contributed by atoms with Crippen molar-refractivity contribution in [3.63, 3.8) is 0 Å². The topological polar surface area (TPSA) is 13.0 Å². The van der Waals surface area contributed by atoms with Crippen LogP contribution in [-0.2, 0) is 10.8 Å². The number of hydrogen-bond acceptors (Lipinski definition) is 4. The van der Waals surface area contributed by atoms with Gasteiger partial charge in [-0.15, -0.1) is 0 Å². The van der Waals surface area contributed by atoms with Crippen LogP contribution < -0.4 is 19.6 Å². The summed E-state index contributed by atoms with van der Waals surface area (Å²) >= 11 is 0. The molecule has 0 fully saturated rings. The molecule has 2 aliphatic rings. The fourth-order valence-corrected chi connectivity index (χ4v) is 17.3. The Morgan fingerprint density at radius 2 is 0.380 bits per heavy atom. The van der Waals surface area contributed by atoms with E-state index in [4.69, 9.17) is 0 Å². The molecule has 0 radical (unpaired) electrons. The van der Waals surface area contributed by atoms with E-state index in [1.165, 1.54) is 66.8 Å². The zero-order valence-electron chi connectivity index (χ0n) is 60.9. The summed E-state index contributed by atoms with van der Waals surface area (Å²) < 4.78 is 0. The van der Waals surface area contributed by atoms with Crippen LogP contribution in [0.3, 0.4) is 0 Å². The highest BCUT2D eigenvalue weighted by Gasteiger charge is 2.37. The van der Waals surface area contributed by atoms with Gasteiger partial charge in [0.25, 0.3) is 0 Å². The maximum absolute atomic E-state index is 2.45. The minimum absolute atomic E-state index is 0.108. The molecule has 17 aromatic carbocycles. The summed E-state index contributed by atoms with van der Waals surface area (Å²) in [6, 6.07) is 148. The van der Waals surface area contributed by atoms with Gasteiger partial charge in [-0.25, -0.2) is 0 Å². The molecule has 108 heavy (non-hydrogen) atoms. The van der Waals surface area contributed by atoms with Crippen LogP contribution in [0.1, 0.15) is 49.9 Å². The molecule has 4 heteroatoms. The third-order valence-electron chi connectivity index (χ3n) is 22.6. The van der Waals surface area contributed by atoms with Gasteiger partial charge in [-0.1, -0.05) is 270 Å². The van der Waals surface area contributed by atoms with Crippen molar-refractivity contribution in [3.05, 3.63) is 423 Å². The van der Waals surface area contributed by atoms with Gasteiger partial charge in [0.15, 0.2) is 0 Å². The lowest BCUT2D eigenvalue weighted by molar-refractivity contribution is 0.660. The van der Waals surface area contributed by atoms with Crippen molar-refractivity contribution < 1.29 is 0 Å². The first-order chi connectivity index (χ1) is 53.1. The fraction of sp³-hybridized carbons (Fsp3) is 0.0577. The van der Waals surface area contributed by atoms with Gasteiger partial charge >= 0.3 is 0 Å². The summed E-state index contributed by atoms with van der Waals surface area (Å²) in [5, 5.41) is 4.53. The van der Waals surface area contributed by atoms with E-state index in [0.29, 0.717) is 0 Å². The highest BCUT2D eigenvalue weighted by molar-refractivity contribution is 6.23. The zero-order chi connectivity index (χ0) is 72.5. The molecule has 0 aliphatic heterocycles. The quantitative estimate of drug-likeness (QED) is 0.0894. The number of hydrogen-bond donors (Lipinski definition) is 0. The molecule has 0 amide bonds. The minimum atomic E-state index is -0.108. The van der Waals surface area contributed by atoms with Crippen LogP contribution in [0, 0.1) is 0 Å². The van der Waals surface area contributed by atoms with Gasteiger partial charge in [0, 0.05) is 79.1 Å². The smallest absolute Gasteiger partial charge is 0.0468 e. The third-order valence-corrected chi connectivity index (χ3v) is 22.6. The summed E-state index contributed by atoms with van der Waals surface area (Å²) in [5.74, 6) is 0. The lowest BCUT2D eigenvalue weighted by atomic mass is 9.81. The first-order valence-corrected chi connectivity index (χ1v) is 37.5. The molecule has 0 unspecified atom stereocenters. The maximum atomic E-state index is 2.45. The molecule has 0 saturated heterocycles. The summed E-state index contributed by atoms with van der Waals surface area (Å²) in [7, 11) is 0. The predicted molar refractivity (Wildman–Crippen MR) is 457 cm³/mol. The number of nitrogens with zero attached hydrogens (tertiary/aromatic N) is 4. The van der Waals surface area contributed by atoms with Crippen molar-refractivity contribution >= 4 is 89.8 Å². The number of rotatable bonds is 16. The van der Waals surface area contributed by atoms with Crippen molar-refractivity contribution in [2.75, 3.05) is 19.6 Å². The average Bonchev–Trinajstić information content (AvgIpc) is 1.11. The van der Waals surface area contributed by atoms with Gasteiger partial charge in [-0.2, -0.15) is 0 Å². The lowest BCUT2D eigenvalue weighted by Gasteiger charge is -2.29. The molecule has 2 aliphatic carbocycles.